The van der Waals surface area contributed by atoms with Gasteiger partial charge in [0.1, 0.15) is 29.6 Å². The average molecular weight is 550 g/mol. The fourth-order valence-corrected chi connectivity index (χ4v) is 4.64. The van der Waals surface area contributed by atoms with Gasteiger partial charge in [-0.25, -0.2) is 9.37 Å². The summed E-state index contributed by atoms with van der Waals surface area (Å²) in [6, 6.07) is 6.39. The Morgan fingerprint density at radius 2 is 1.89 bits per heavy atom. The molecule has 1 heterocycles. The number of aromatic nitrogens is 1. The lowest BCUT2D eigenvalue weighted by atomic mass is 9.83. The fourth-order valence-electron chi connectivity index (χ4n) is 4.53. The van der Waals surface area contributed by atoms with Gasteiger partial charge in [0, 0.05) is 17.0 Å². The molecule has 2 saturated carbocycles. The molecule has 2 aliphatic carbocycles. The highest BCUT2D eigenvalue weighted by atomic mass is 35.5. The molecule has 0 spiro atoms. The number of nitrogens with two attached hydrogens (primary N) is 1. The zero-order valence-corrected chi connectivity index (χ0v) is 20.7. The van der Waals surface area contributed by atoms with Crippen LogP contribution in [0.1, 0.15) is 31.4 Å². The van der Waals surface area contributed by atoms with Crippen LogP contribution in [0.25, 0.3) is 0 Å². The van der Waals surface area contributed by atoms with Gasteiger partial charge in [0.2, 0.25) is 6.41 Å². The molecule has 2 aromatic rings. The molecule has 0 saturated heterocycles. The number of pyridine rings is 1. The lowest BCUT2D eigenvalue weighted by molar-refractivity contribution is -0.141. The highest BCUT2D eigenvalue weighted by Crippen LogP contribution is 2.56. The first-order chi connectivity index (χ1) is 17.4. The molecule has 2 fully saturated rings. The van der Waals surface area contributed by atoms with Gasteiger partial charge in [-0.05, 0) is 57.0 Å². The third kappa shape index (κ3) is 8.01. The molecule has 1 amide bonds. The van der Waals surface area contributed by atoms with E-state index >= 15 is 0 Å². The van der Waals surface area contributed by atoms with Gasteiger partial charge in [0.15, 0.2) is 6.29 Å². The molecule has 1 aromatic heterocycles. The molecule has 2 aliphatic rings. The minimum atomic E-state index is -4.46. The van der Waals surface area contributed by atoms with Gasteiger partial charge in [0.05, 0.1) is 23.9 Å². The number of ether oxygens (including phenoxy) is 2. The number of likely N-dealkylation sites (N-methyl/N-ethyl adjacent to an activating group) is 1. The number of primary amides is 1. The molecule has 13 heteroatoms. The number of alkyl halides is 3. The second kappa shape index (κ2) is 13.0. The van der Waals surface area contributed by atoms with E-state index in [0.29, 0.717) is 18.6 Å². The number of carbonyl (C=O) groups is 2. The van der Waals surface area contributed by atoms with Crippen molar-refractivity contribution in [3.63, 3.8) is 0 Å². The number of hydrogen-bond acceptors (Lipinski definition) is 7. The topological polar surface area (TPSA) is 124 Å². The minimum Gasteiger partial charge on any atom is -0.493 e. The van der Waals surface area contributed by atoms with Gasteiger partial charge in [-0.1, -0.05) is 11.6 Å². The summed E-state index contributed by atoms with van der Waals surface area (Å²) in [7, 11) is 1.90. The summed E-state index contributed by atoms with van der Waals surface area (Å²) in [5, 5.41) is 13.6. The van der Waals surface area contributed by atoms with Crippen molar-refractivity contribution in [2.24, 2.45) is 11.1 Å². The van der Waals surface area contributed by atoms with Crippen LogP contribution in [0.2, 0.25) is 5.02 Å². The zero-order valence-electron chi connectivity index (χ0n) is 19.9. The fraction of sp³-hybridized carbons (Fsp3) is 0.458. The number of amides is 1. The quantitative estimate of drug-likeness (QED) is 0.356. The zero-order chi connectivity index (χ0) is 27.7. The van der Waals surface area contributed by atoms with Crippen LogP contribution < -0.4 is 20.5 Å². The highest BCUT2D eigenvalue weighted by molar-refractivity contribution is 6.30. The van der Waals surface area contributed by atoms with Crippen molar-refractivity contribution in [1.29, 1.82) is 0 Å². The van der Waals surface area contributed by atoms with Crippen molar-refractivity contribution in [3.05, 3.63) is 53.1 Å². The van der Waals surface area contributed by atoms with Crippen LogP contribution in [0.3, 0.4) is 0 Å². The molecule has 37 heavy (non-hydrogen) atoms. The first-order valence-electron chi connectivity index (χ1n) is 11.1. The van der Waals surface area contributed by atoms with E-state index < -0.39 is 17.7 Å². The van der Waals surface area contributed by atoms with Crippen LogP contribution in [0.15, 0.2) is 36.5 Å². The van der Waals surface area contributed by atoms with E-state index in [0.717, 1.165) is 44.0 Å². The first kappa shape index (κ1) is 30.3. The van der Waals surface area contributed by atoms with Gasteiger partial charge >= 0.3 is 6.18 Å². The Labute approximate surface area is 216 Å². The van der Waals surface area contributed by atoms with E-state index in [4.69, 9.17) is 25.9 Å². The van der Waals surface area contributed by atoms with E-state index in [1.54, 1.807) is 6.07 Å². The predicted octanol–water partition coefficient (Wildman–Crippen LogP) is 3.53. The van der Waals surface area contributed by atoms with Crippen molar-refractivity contribution in [3.8, 4) is 11.5 Å². The van der Waals surface area contributed by atoms with E-state index in [1.165, 1.54) is 12.1 Å². The van der Waals surface area contributed by atoms with Crippen molar-refractivity contribution in [2.75, 3.05) is 20.3 Å². The highest BCUT2D eigenvalue weighted by Gasteiger charge is 2.59. The van der Waals surface area contributed by atoms with E-state index in [1.807, 2.05) is 7.05 Å². The lowest BCUT2D eigenvalue weighted by Crippen LogP contribution is -2.48. The normalized spacial score (nSPS) is 23.7. The monoisotopic (exact) mass is 549 g/mol. The SMILES string of the molecule is CNC12CCC(COc3ccc(Cl)c(F)c3)(CC1O)C2.NC=O.O=CCOc1ccc(C(F)(F)F)nc1. The molecule has 3 atom stereocenters. The van der Waals surface area contributed by atoms with Gasteiger partial charge in [-0.15, -0.1) is 0 Å². The third-order valence-electron chi connectivity index (χ3n) is 6.33. The summed E-state index contributed by atoms with van der Waals surface area (Å²) in [4.78, 5) is 21.6. The molecule has 2 bridgehead atoms. The molecule has 3 unspecified atom stereocenters. The van der Waals surface area contributed by atoms with Gasteiger partial charge in [-0.2, -0.15) is 13.2 Å². The molecular formula is C24H28ClF4N3O5. The number of halogens is 5. The van der Waals surface area contributed by atoms with E-state index in [9.17, 15) is 27.5 Å². The van der Waals surface area contributed by atoms with E-state index in [2.05, 4.69) is 16.0 Å². The number of fused-ring (bicyclic) bond motifs is 2. The van der Waals surface area contributed by atoms with E-state index in [-0.39, 0.29) is 40.8 Å². The maximum absolute atomic E-state index is 13.4. The lowest BCUT2D eigenvalue weighted by Gasteiger charge is -2.32. The molecule has 1 aromatic carbocycles. The Hall–Kier alpha value is -2.96. The standard InChI is InChI=1S/C15H19ClFNO2.C8H6F3NO2.CH3NO/c1-18-15-5-4-14(8-15,7-13(15)19)9-20-10-2-3-11(16)12(17)6-10;9-8(10,11)7-2-1-6(5-12-7)14-4-3-13;2-1-3/h2-3,6,13,18-19H,4-5,7-9H2,1H3;1-3,5H,4H2;1H,(H2,2,3). The number of nitrogens with zero attached hydrogens (tertiary/aromatic N) is 1. The first-order valence-corrected chi connectivity index (χ1v) is 11.5. The number of aldehydes is 1. The Bertz CT molecular complexity index is 1040. The Morgan fingerprint density at radius 3 is 2.38 bits per heavy atom. The smallest absolute Gasteiger partial charge is 0.433 e. The summed E-state index contributed by atoms with van der Waals surface area (Å²) in [6.45, 7) is 0.307. The van der Waals surface area contributed by atoms with Crippen LogP contribution in [0.4, 0.5) is 17.6 Å². The van der Waals surface area contributed by atoms with Crippen LogP contribution >= 0.6 is 11.6 Å². The number of hydrogen-bond donors (Lipinski definition) is 3. The maximum Gasteiger partial charge on any atom is 0.433 e. The molecule has 4 N–H and O–H groups in total. The molecule has 8 nitrogen and oxygen atoms in total. The Kier molecular flexibility index (Phi) is 10.6. The van der Waals surface area contributed by atoms with Crippen molar-refractivity contribution in [2.45, 2.75) is 43.5 Å². The number of carbonyl (C=O) groups excluding carboxylic acids is 2. The summed E-state index contributed by atoms with van der Waals surface area (Å²) in [6.07, 6.45) is 0.529. The van der Waals surface area contributed by atoms with Crippen molar-refractivity contribution >= 4 is 24.3 Å². The van der Waals surface area contributed by atoms with Crippen molar-refractivity contribution in [1.82, 2.24) is 10.3 Å². The number of aliphatic hydroxyl groups excluding tert-OH is 1. The number of nitrogens with one attached hydrogen (secondary N) is 1. The van der Waals surface area contributed by atoms with Gasteiger partial charge in [-0.3, -0.25) is 9.59 Å². The number of aliphatic hydroxyl groups is 1. The van der Waals surface area contributed by atoms with Crippen molar-refractivity contribution < 1.29 is 41.7 Å². The second-order valence-corrected chi connectivity index (χ2v) is 9.07. The van der Waals surface area contributed by atoms with Crippen LogP contribution in [0, 0.1) is 11.2 Å². The Balaban J connectivity index is 0.000000248. The van der Waals surface area contributed by atoms with Gasteiger partial charge < -0.3 is 25.6 Å². The second-order valence-electron chi connectivity index (χ2n) is 8.66. The predicted molar refractivity (Wildman–Crippen MR) is 127 cm³/mol. The number of rotatable bonds is 7. The molecule has 0 radical (unpaired) electrons. The maximum atomic E-state index is 13.4. The molecular weight excluding hydrogens is 522 g/mol. The van der Waals surface area contributed by atoms with Gasteiger partial charge in [0.25, 0.3) is 0 Å². The summed E-state index contributed by atoms with van der Waals surface area (Å²) in [5.74, 6) is 0.152. The summed E-state index contributed by atoms with van der Waals surface area (Å²) >= 11 is 5.65. The summed E-state index contributed by atoms with van der Waals surface area (Å²) < 4.78 is 59.9. The molecule has 204 valence electrons. The summed E-state index contributed by atoms with van der Waals surface area (Å²) in [5.41, 5.74) is 3.02. The third-order valence-corrected chi connectivity index (χ3v) is 6.64. The Morgan fingerprint density at radius 1 is 1.22 bits per heavy atom. The van der Waals surface area contributed by atoms with Crippen LogP contribution in [-0.2, 0) is 15.8 Å². The molecule has 0 aliphatic heterocycles. The average Bonchev–Trinajstić information content (AvgIpc) is 3.37. The van der Waals surface area contributed by atoms with Crippen LogP contribution in [0.5, 0.6) is 11.5 Å². The number of benzene rings is 1. The van der Waals surface area contributed by atoms with Crippen LogP contribution in [-0.4, -0.2) is 54.7 Å². The largest absolute Gasteiger partial charge is 0.493 e. The minimum absolute atomic E-state index is 0.00145. The molecule has 4 rings (SSSR count).